The Bertz CT molecular complexity index is 166. The molecule has 72 valence electrons. The van der Waals surface area contributed by atoms with E-state index in [2.05, 4.69) is 42.2 Å². The van der Waals surface area contributed by atoms with E-state index in [4.69, 9.17) is 0 Å². The molecule has 0 aromatic rings. The van der Waals surface area contributed by atoms with Gasteiger partial charge in [0.1, 0.15) is 5.78 Å². The number of nitrogens with one attached hydrogen (secondary N) is 1. The molecule has 0 rings (SSSR count). The van der Waals surface area contributed by atoms with Crippen LogP contribution in [0.4, 0.5) is 0 Å². The summed E-state index contributed by atoms with van der Waals surface area (Å²) in [6, 6.07) is -0.0671. The zero-order valence-electron chi connectivity index (χ0n) is 8.64. The van der Waals surface area contributed by atoms with Crippen LogP contribution in [0.25, 0.3) is 0 Å². The number of rotatable bonds is 4. The molecule has 0 spiro atoms. The molecular formula is C9H20NOP. The van der Waals surface area contributed by atoms with Gasteiger partial charge >= 0.3 is 0 Å². The summed E-state index contributed by atoms with van der Waals surface area (Å²) < 4.78 is 0. The highest BCUT2D eigenvalue weighted by atomic mass is 31.0. The molecule has 0 aliphatic heterocycles. The van der Waals surface area contributed by atoms with Crippen molar-refractivity contribution in [2.24, 2.45) is 11.3 Å². The van der Waals surface area contributed by atoms with Crippen molar-refractivity contribution < 1.29 is 4.79 Å². The largest absolute Gasteiger partial charge is 0.298 e. The van der Waals surface area contributed by atoms with E-state index in [1.807, 2.05) is 0 Å². The Morgan fingerprint density at radius 1 is 1.42 bits per heavy atom. The van der Waals surface area contributed by atoms with E-state index >= 15 is 0 Å². The van der Waals surface area contributed by atoms with Gasteiger partial charge < -0.3 is 0 Å². The fraction of sp³-hybridized carbons (Fsp3) is 0.889. The van der Waals surface area contributed by atoms with Crippen molar-refractivity contribution >= 4 is 15.2 Å². The first-order chi connectivity index (χ1) is 5.34. The molecule has 0 fully saturated rings. The van der Waals surface area contributed by atoms with Crippen LogP contribution in [0.15, 0.2) is 0 Å². The topological polar surface area (TPSA) is 29.1 Å². The van der Waals surface area contributed by atoms with Gasteiger partial charge in [0.15, 0.2) is 0 Å². The second kappa shape index (κ2) is 4.34. The van der Waals surface area contributed by atoms with Crippen LogP contribution in [0.1, 0.15) is 34.6 Å². The molecule has 0 aromatic carbocycles. The Morgan fingerprint density at radius 3 is 1.92 bits per heavy atom. The van der Waals surface area contributed by atoms with E-state index in [0.29, 0.717) is 5.92 Å². The number of carbonyl (C=O) groups is 1. The highest BCUT2D eigenvalue weighted by Crippen LogP contribution is 2.31. The van der Waals surface area contributed by atoms with Crippen molar-refractivity contribution in [3.63, 3.8) is 0 Å². The molecular weight excluding hydrogens is 169 g/mol. The molecule has 2 unspecified atom stereocenters. The van der Waals surface area contributed by atoms with Gasteiger partial charge in [-0.05, 0) is 18.3 Å². The molecule has 2 nitrogen and oxygen atoms in total. The van der Waals surface area contributed by atoms with Crippen molar-refractivity contribution in [3.8, 4) is 0 Å². The molecule has 12 heavy (non-hydrogen) atoms. The van der Waals surface area contributed by atoms with Crippen molar-refractivity contribution in [2.45, 2.75) is 40.7 Å². The quantitative estimate of drug-likeness (QED) is 0.685. The van der Waals surface area contributed by atoms with E-state index in [1.54, 1.807) is 6.92 Å². The van der Waals surface area contributed by atoms with Crippen molar-refractivity contribution in [1.29, 1.82) is 0 Å². The molecule has 2 atom stereocenters. The minimum atomic E-state index is -0.0671. The lowest BCUT2D eigenvalue weighted by atomic mass is 9.74. The summed E-state index contributed by atoms with van der Waals surface area (Å²) in [5, 5.41) is 2.99. The van der Waals surface area contributed by atoms with Crippen LogP contribution in [-0.4, -0.2) is 11.8 Å². The van der Waals surface area contributed by atoms with Crippen molar-refractivity contribution in [2.75, 3.05) is 0 Å². The van der Waals surface area contributed by atoms with Crippen LogP contribution >= 0.6 is 9.39 Å². The Morgan fingerprint density at radius 2 is 1.83 bits per heavy atom. The zero-order valence-corrected chi connectivity index (χ0v) is 9.79. The van der Waals surface area contributed by atoms with Gasteiger partial charge in [-0.1, -0.05) is 37.1 Å². The van der Waals surface area contributed by atoms with E-state index in [1.165, 1.54) is 0 Å². The number of carbonyl (C=O) groups excluding carboxylic acids is 1. The summed E-state index contributed by atoms with van der Waals surface area (Å²) in [4.78, 5) is 11.3. The summed E-state index contributed by atoms with van der Waals surface area (Å²) in [6.45, 7) is 10.1. The van der Waals surface area contributed by atoms with Gasteiger partial charge in [-0.25, -0.2) is 0 Å². The van der Waals surface area contributed by atoms with Gasteiger partial charge in [0, 0.05) is 0 Å². The van der Waals surface area contributed by atoms with Crippen LogP contribution < -0.4 is 5.09 Å². The molecule has 0 saturated heterocycles. The second-order valence-electron chi connectivity index (χ2n) is 4.19. The molecule has 3 heteroatoms. The standard InChI is InChI=1S/C9H20NOP/c1-6(2)9(4,5)8(10-12)7(3)11/h6,8,10H,12H2,1-5H3. The maximum atomic E-state index is 11.3. The van der Waals surface area contributed by atoms with Gasteiger partial charge in [0.2, 0.25) is 0 Å². The molecule has 0 aromatic heterocycles. The van der Waals surface area contributed by atoms with E-state index in [9.17, 15) is 4.79 Å². The number of hydrogen-bond donors (Lipinski definition) is 1. The highest BCUT2D eigenvalue weighted by molar-refractivity contribution is 7.13. The van der Waals surface area contributed by atoms with Crippen molar-refractivity contribution in [3.05, 3.63) is 0 Å². The number of Topliss-reactive ketones (excluding diaryl/α,β-unsaturated/α-hetero) is 1. The van der Waals surface area contributed by atoms with Gasteiger partial charge in [0.05, 0.1) is 6.04 Å². The maximum absolute atomic E-state index is 11.3. The molecule has 0 aliphatic rings. The predicted molar refractivity (Wildman–Crippen MR) is 55.9 cm³/mol. The third-order valence-corrected chi connectivity index (χ3v) is 3.14. The summed E-state index contributed by atoms with van der Waals surface area (Å²) in [7, 11) is 2.42. The molecule has 0 aliphatic carbocycles. The van der Waals surface area contributed by atoms with Gasteiger partial charge in [-0.15, -0.1) is 0 Å². The predicted octanol–water partition coefficient (Wildman–Crippen LogP) is 2.01. The Hall–Kier alpha value is 0.0600. The third kappa shape index (κ3) is 2.53. The lowest BCUT2D eigenvalue weighted by Crippen LogP contribution is -2.45. The smallest absolute Gasteiger partial charge is 0.147 e. The van der Waals surface area contributed by atoms with Gasteiger partial charge in [-0.2, -0.15) is 0 Å². The van der Waals surface area contributed by atoms with Crippen LogP contribution in [0.3, 0.4) is 0 Å². The highest BCUT2D eigenvalue weighted by Gasteiger charge is 2.34. The molecule has 0 saturated carbocycles. The average Bonchev–Trinajstić information content (AvgIpc) is 1.86. The zero-order chi connectivity index (χ0) is 9.94. The van der Waals surface area contributed by atoms with Crippen LogP contribution in [0, 0.1) is 11.3 Å². The van der Waals surface area contributed by atoms with E-state index in [-0.39, 0.29) is 17.2 Å². The van der Waals surface area contributed by atoms with Gasteiger partial charge in [-0.3, -0.25) is 9.88 Å². The monoisotopic (exact) mass is 189 g/mol. The maximum Gasteiger partial charge on any atom is 0.147 e. The van der Waals surface area contributed by atoms with E-state index < -0.39 is 0 Å². The molecule has 0 heterocycles. The fourth-order valence-corrected chi connectivity index (χ4v) is 1.85. The third-order valence-electron chi connectivity index (χ3n) is 2.81. The Balaban J connectivity index is 4.59. The van der Waals surface area contributed by atoms with E-state index in [0.717, 1.165) is 0 Å². The average molecular weight is 189 g/mol. The number of ketones is 1. The minimum Gasteiger partial charge on any atom is -0.298 e. The molecule has 0 bridgehead atoms. The first-order valence-corrected chi connectivity index (χ1v) is 4.88. The first-order valence-electron chi connectivity index (χ1n) is 4.30. The molecule has 0 radical (unpaired) electrons. The Kier molecular flexibility index (Phi) is 4.36. The van der Waals surface area contributed by atoms with Crippen LogP contribution in [0.5, 0.6) is 0 Å². The fourth-order valence-electron chi connectivity index (χ4n) is 1.19. The summed E-state index contributed by atoms with van der Waals surface area (Å²) in [5.74, 6) is 0.683. The lowest BCUT2D eigenvalue weighted by molar-refractivity contribution is -0.121. The summed E-state index contributed by atoms with van der Waals surface area (Å²) >= 11 is 0. The van der Waals surface area contributed by atoms with Crippen molar-refractivity contribution in [1.82, 2.24) is 5.09 Å². The van der Waals surface area contributed by atoms with Gasteiger partial charge in [0.25, 0.3) is 0 Å². The SMILES string of the molecule is CC(=O)C(NP)C(C)(C)C(C)C. The minimum absolute atomic E-state index is 0.00752. The summed E-state index contributed by atoms with van der Waals surface area (Å²) in [5.41, 5.74) is 0.00752. The number of hydrogen-bond acceptors (Lipinski definition) is 2. The first kappa shape index (κ1) is 12.1. The second-order valence-corrected chi connectivity index (χ2v) is 4.52. The normalized spacial score (nSPS) is 14.9. The van der Waals surface area contributed by atoms with Crippen LogP contribution in [-0.2, 0) is 4.79 Å². The Labute approximate surface area is 77.8 Å². The summed E-state index contributed by atoms with van der Waals surface area (Å²) in [6.07, 6.45) is 0. The molecule has 1 N–H and O–H groups in total. The molecule has 0 amide bonds. The van der Waals surface area contributed by atoms with Crippen LogP contribution in [0.2, 0.25) is 0 Å². The lowest BCUT2D eigenvalue weighted by Gasteiger charge is -2.36.